The van der Waals surface area contributed by atoms with Gasteiger partial charge in [-0.1, -0.05) is 29.8 Å². The lowest BCUT2D eigenvalue weighted by molar-refractivity contribution is 0.282. The van der Waals surface area contributed by atoms with E-state index in [1.54, 1.807) is 18.2 Å². The van der Waals surface area contributed by atoms with Crippen LogP contribution in [0, 0.1) is 5.82 Å². The zero-order chi connectivity index (χ0) is 14.8. The molecular formula is C13H11ClFNO3S. The average Bonchev–Trinajstić information content (AvgIpc) is 2.38. The van der Waals surface area contributed by atoms with E-state index in [2.05, 4.69) is 4.72 Å². The van der Waals surface area contributed by atoms with Crippen LogP contribution in [-0.2, 0) is 16.6 Å². The van der Waals surface area contributed by atoms with Gasteiger partial charge in [-0.3, -0.25) is 4.72 Å². The number of hydrogen-bond acceptors (Lipinski definition) is 3. The number of halogens is 2. The van der Waals surface area contributed by atoms with E-state index in [4.69, 9.17) is 16.7 Å². The molecule has 0 fully saturated rings. The van der Waals surface area contributed by atoms with Gasteiger partial charge in [-0.25, -0.2) is 12.8 Å². The molecule has 0 bridgehead atoms. The lowest BCUT2D eigenvalue weighted by atomic mass is 10.2. The molecule has 0 saturated heterocycles. The van der Waals surface area contributed by atoms with E-state index in [-0.39, 0.29) is 22.2 Å². The predicted octanol–water partition coefficient (Wildman–Crippen LogP) is 2.77. The Labute approximate surface area is 120 Å². The minimum atomic E-state index is -3.95. The third-order valence-electron chi connectivity index (χ3n) is 2.62. The molecule has 0 aromatic heterocycles. The van der Waals surface area contributed by atoms with Crippen molar-refractivity contribution >= 4 is 27.3 Å². The van der Waals surface area contributed by atoms with E-state index in [1.165, 1.54) is 6.07 Å². The number of hydrogen-bond donors (Lipinski definition) is 2. The van der Waals surface area contributed by atoms with Crippen LogP contribution in [0.5, 0.6) is 0 Å². The Bertz CT molecular complexity index is 734. The number of benzene rings is 2. The summed E-state index contributed by atoms with van der Waals surface area (Å²) in [5.74, 6) is -0.621. The number of rotatable bonds is 4. The molecule has 0 aliphatic carbocycles. The second-order valence-electron chi connectivity index (χ2n) is 4.00. The second-order valence-corrected chi connectivity index (χ2v) is 6.05. The molecule has 2 aromatic carbocycles. The van der Waals surface area contributed by atoms with Gasteiger partial charge < -0.3 is 5.11 Å². The van der Waals surface area contributed by atoms with Gasteiger partial charge in [-0.2, -0.15) is 0 Å². The molecule has 0 aliphatic rings. The van der Waals surface area contributed by atoms with E-state index in [0.717, 1.165) is 18.2 Å². The summed E-state index contributed by atoms with van der Waals surface area (Å²) in [6, 6.07) is 9.43. The summed E-state index contributed by atoms with van der Waals surface area (Å²) in [6.45, 7) is -0.310. The Hall–Kier alpha value is -1.63. The minimum absolute atomic E-state index is 0.209. The highest BCUT2D eigenvalue weighted by molar-refractivity contribution is 7.92. The fraction of sp³-hybridized carbons (Fsp3) is 0.0769. The lowest BCUT2D eigenvalue weighted by Gasteiger charge is -2.12. The summed E-state index contributed by atoms with van der Waals surface area (Å²) >= 11 is 5.75. The van der Waals surface area contributed by atoms with Gasteiger partial charge in [-0.15, -0.1) is 0 Å². The molecular weight excluding hydrogens is 305 g/mol. The lowest BCUT2D eigenvalue weighted by Crippen LogP contribution is -2.14. The first kappa shape index (κ1) is 14.8. The van der Waals surface area contributed by atoms with E-state index in [9.17, 15) is 12.8 Å². The third kappa shape index (κ3) is 3.09. The van der Waals surface area contributed by atoms with Crippen molar-refractivity contribution in [1.29, 1.82) is 0 Å². The Kier molecular flexibility index (Phi) is 4.27. The van der Waals surface area contributed by atoms with Crippen molar-refractivity contribution < 1.29 is 17.9 Å². The summed E-state index contributed by atoms with van der Waals surface area (Å²) in [5, 5.41) is 8.96. The molecule has 0 unspecified atom stereocenters. The minimum Gasteiger partial charge on any atom is -0.392 e. The van der Waals surface area contributed by atoms with E-state index in [0.29, 0.717) is 5.56 Å². The standard InChI is InChI=1S/C13H11ClFNO3S/c14-11-7-10(15)5-6-13(11)20(18,19)16-12-4-2-1-3-9(12)8-17/h1-7,16-17H,8H2. The summed E-state index contributed by atoms with van der Waals surface area (Å²) in [4.78, 5) is -0.228. The molecule has 0 radical (unpaired) electrons. The van der Waals surface area contributed by atoms with E-state index in [1.807, 2.05) is 0 Å². The van der Waals surface area contributed by atoms with Crippen LogP contribution in [0.15, 0.2) is 47.4 Å². The summed E-state index contributed by atoms with van der Waals surface area (Å²) < 4.78 is 39.7. The molecule has 0 heterocycles. The molecule has 0 saturated carbocycles. The predicted molar refractivity (Wildman–Crippen MR) is 74.6 cm³/mol. The van der Waals surface area contributed by atoms with Crippen LogP contribution in [0.2, 0.25) is 5.02 Å². The molecule has 4 nitrogen and oxygen atoms in total. The van der Waals surface area contributed by atoms with Crippen LogP contribution in [0.3, 0.4) is 0 Å². The topological polar surface area (TPSA) is 66.4 Å². The highest BCUT2D eigenvalue weighted by atomic mass is 35.5. The molecule has 0 aliphatic heterocycles. The molecule has 7 heteroatoms. The number of sulfonamides is 1. The maximum Gasteiger partial charge on any atom is 0.263 e. The van der Waals surface area contributed by atoms with Crippen molar-refractivity contribution in [2.75, 3.05) is 4.72 Å². The SMILES string of the molecule is O=S(=O)(Nc1ccccc1CO)c1ccc(F)cc1Cl. The molecule has 0 atom stereocenters. The highest BCUT2D eigenvalue weighted by Gasteiger charge is 2.19. The van der Waals surface area contributed by atoms with Crippen LogP contribution < -0.4 is 4.72 Å². The van der Waals surface area contributed by atoms with Gasteiger partial charge in [0.1, 0.15) is 10.7 Å². The summed E-state index contributed by atoms with van der Waals surface area (Å²) in [6.07, 6.45) is 0. The highest BCUT2D eigenvalue weighted by Crippen LogP contribution is 2.25. The molecule has 106 valence electrons. The fourth-order valence-corrected chi connectivity index (χ4v) is 3.28. The first-order valence-electron chi connectivity index (χ1n) is 5.60. The molecule has 0 amide bonds. The Morgan fingerprint density at radius 1 is 1.20 bits per heavy atom. The van der Waals surface area contributed by atoms with Crippen molar-refractivity contribution in [2.45, 2.75) is 11.5 Å². The fourth-order valence-electron chi connectivity index (χ4n) is 1.65. The molecule has 2 rings (SSSR count). The van der Waals surface area contributed by atoms with Gasteiger partial charge in [0.15, 0.2) is 0 Å². The van der Waals surface area contributed by atoms with Crippen LogP contribution in [0.1, 0.15) is 5.56 Å². The normalized spacial score (nSPS) is 11.3. The molecule has 2 aromatic rings. The number of nitrogens with one attached hydrogen (secondary N) is 1. The van der Waals surface area contributed by atoms with Gasteiger partial charge >= 0.3 is 0 Å². The van der Waals surface area contributed by atoms with Gasteiger partial charge in [0.25, 0.3) is 10.0 Å². The van der Waals surface area contributed by atoms with E-state index >= 15 is 0 Å². The van der Waals surface area contributed by atoms with Gasteiger partial charge in [0.2, 0.25) is 0 Å². The summed E-state index contributed by atoms with van der Waals surface area (Å²) in [7, 11) is -3.95. The monoisotopic (exact) mass is 315 g/mol. The zero-order valence-electron chi connectivity index (χ0n) is 10.2. The van der Waals surface area contributed by atoms with Gasteiger partial charge in [-0.05, 0) is 24.3 Å². The van der Waals surface area contributed by atoms with Crippen LogP contribution >= 0.6 is 11.6 Å². The van der Waals surface area contributed by atoms with Gasteiger partial charge in [0.05, 0.1) is 17.3 Å². The van der Waals surface area contributed by atoms with Crippen LogP contribution in [-0.4, -0.2) is 13.5 Å². The second kappa shape index (κ2) is 5.78. The Morgan fingerprint density at radius 2 is 1.90 bits per heavy atom. The largest absolute Gasteiger partial charge is 0.392 e. The van der Waals surface area contributed by atoms with Crippen LogP contribution in [0.4, 0.5) is 10.1 Å². The van der Waals surface area contributed by atoms with Crippen molar-refractivity contribution in [3.8, 4) is 0 Å². The number of anilines is 1. The first-order valence-corrected chi connectivity index (χ1v) is 7.47. The number of aliphatic hydroxyl groups excluding tert-OH is 1. The van der Waals surface area contributed by atoms with Crippen molar-refractivity contribution in [3.63, 3.8) is 0 Å². The molecule has 0 spiro atoms. The maximum absolute atomic E-state index is 12.9. The average molecular weight is 316 g/mol. The summed E-state index contributed by atoms with van der Waals surface area (Å²) in [5.41, 5.74) is 0.671. The van der Waals surface area contributed by atoms with Crippen molar-refractivity contribution in [1.82, 2.24) is 0 Å². The Balaban J connectivity index is 2.41. The van der Waals surface area contributed by atoms with E-state index < -0.39 is 15.8 Å². The quantitative estimate of drug-likeness (QED) is 0.911. The van der Waals surface area contributed by atoms with Crippen LogP contribution in [0.25, 0.3) is 0 Å². The molecule has 2 N–H and O–H groups in total. The number of para-hydroxylation sites is 1. The first-order chi connectivity index (χ1) is 9.44. The van der Waals surface area contributed by atoms with Crippen molar-refractivity contribution in [3.05, 3.63) is 58.9 Å². The van der Waals surface area contributed by atoms with Crippen molar-refractivity contribution in [2.24, 2.45) is 0 Å². The third-order valence-corrected chi connectivity index (χ3v) is 4.46. The smallest absolute Gasteiger partial charge is 0.263 e. The maximum atomic E-state index is 12.9. The Morgan fingerprint density at radius 3 is 2.55 bits per heavy atom. The number of aliphatic hydroxyl groups is 1. The molecule has 20 heavy (non-hydrogen) atoms. The van der Waals surface area contributed by atoms with Gasteiger partial charge in [0, 0.05) is 5.56 Å². The zero-order valence-corrected chi connectivity index (χ0v) is 11.7.